The van der Waals surface area contributed by atoms with E-state index in [0.717, 1.165) is 17.7 Å². The molecule has 2 rings (SSSR count). The van der Waals surface area contributed by atoms with E-state index in [1.807, 2.05) is 36.4 Å². The van der Waals surface area contributed by atoms with Gasteiger partial charge in [0.15, 0.2) is 0 Å². The molecule has 0 atom stereocenters. The van der Waals surface area contributed by atoms with Crippen LogP contribution in [-0.4, -0.2) is 15.7 Å². The number of rotatable bonds is 5. The first-order chi connectivity index (χ1) is 9.69. The molecule has 1 aromatic heterocycles. The first-order valence-corrected chi connectivity index (χ1v) is 7.18. The number of alkyl halides is 1. The molecule has 0 saturated carbocycles. The van der Waals surface area contributed by atoms with Crippen molar-refractivity contribution in [2.45, 2.75) is 13.0 Å². The summed E-state index contributed by atoms with van der Waals surface area (Å²) in [5.41, 5.74) is 1.64. The average molecular weight is 309 g/mol. The Bertz CT molecular complexity index is 648. The van der Waals surface area contributed by atoms with E-state index in [1.54, 1.807) is 6.07 Å². The number of aryl methyl sites for hydroxylation is 1. The Labute approximate surface area is 127 Å². The summed E-state index contributed by atoms with van der Waals surface area (Å²) >= 11 is 11.5. The molecule has 104 valence electrons. The molecule has 0 amide bonds. The topological polar surface area (TPSA) is 34.9 Å². The summed E-state index contributed by atoms with van der Waals surface area (Å²) < 4.78 is 1.43. The van der Waals surface area contributed by atoms with Gasteiger partial charge < -0.3 is 0 Å². The van der Waals surface area contributed by atoms with E-state index in [1.165, 1.54) is 10.7 Å². The Balaban J connectivity index is 2.16. The summed E-state index contributed by atoms with van der Waals surface area (Å²) in [6.07, 6.45) is 4.51. The first-order valence-electron chi connectivity index (χ1n) is 6.27. The summed E-state index contributed by atoms with van der Waals surface area (Å²) in [5.74, 6) is 0.513. The van der Waals surface area contributed by atoms with Crippen LogP contribution in [0.2, 0.25) is 5.02 Å². The zero-order chi connectivity index (χ0) is 14.4. The fourth-order valence-electron chi connectivity index (χ4n) is 1.68. The van der Waals surface area contributed by atoms with Crippen molar-refractivity contribution in [1.82, 2.24) is 9.78 Å². The second-order valence-electron chi connectivity index (χ2n) is 4.25. The largest absolute Gasteiger partial charge is 0.268 e. The highest BCUT2D eigenvalue weighted by molar-refractivity contribution is 6.30. The van der Waals surface area contributed by atoms with Crippen molar-refractivity contribution in [2.75, 3.05) is 5.88 Å². The van der Waals surface area contributed by atoms with Gasteiger partial charge in [-0.1, -0.05) is 29.8 Å². The van der Waals surface area contributed by atoms with Crippen molar-refractivity contribution in [3.8, 4) is 0 Å². The van der Waals surface area contributed by atoms with Crippen molar-refractivity contribution in [2.24, 2.45) is 0 Å². The van der Waals surface area contributed by atoms with E-state index in [4.69, 9.17) is 23.2 Å². The van der Waals surface area contributed by atoms with Gasteiger partial charge in [0.1, 0.15) is 0 Å². The van der Waals surface area contributed by atoms with Crippen LogP contribution in [0.25, 0.3) is 12.2 Å². The van der Waals surface area contributed by atoms with Gasteiger partial charge in [-0.05, 0) is 36.3 Å². The van der Waals surface area contributed by atoms with Crippen LogP contribution in [0, 0.1) is 0 Å². The minimum absolute atomic E-state index is 0.112. The maximum Gasteiger partial charge on any atom is 0.266 e. The standard InChI is InChI=1S/C15H14Cl2N2O/c16-10-1-11-19-15(20)9-8-14(18-19)7-4-12-2-5-13(17)6-3-12/h2-9H,1,10-11H2. The molecule has 0 spiro atoms. The zero-order valence-electron chi connectivity index (χ0n) is 10.8. The van der Waals surface area contributed by atoms with Gasteiger partial charge in [-0.2, -0.15) is 5.10 Å². The maximum atomic E-state index is 11.6. The molecule has 0 aliphatic carbocycles. The third-order valence-electron chi connectivity index (χ3n) is 2.71. The molecule has 5 heteroatoms. The summed E-state index contributed by atoms with van der Waals surface area (Å²) in [5, 5.41) is 4.98. The average Bonchev–Trinajstić information content (AvgIpc) is 2.46. The Kier molecular flexibility index (Phi) is 5.39. The smallest absolute Gasteiger partial charge is 0.266 e. The Morgan fingerprint density at radius 2 is 1.85 bits per heavy atom. The molecular weight excluding hydrogens is 295 g/mol. The van der Waals surface area contributed by atoms with Gasteiger partial charge in [0.25, 0.3) is 5.56 Å². The highest BCUT2D eigenvalue weighted by Gasteiger charge is 1.98. The molecule has 0 saturated heterocycles. The summed E-state index contributed by atoms with van der Waals surface area (Å²) in [6.45, 7) is 0.533. The lowest BCUT2D eigenvalue weighted by Gasteiger charge is -2.03. The summed E-state index contributed by atoms with van der Waals surface area (Å²) in [4.78, 5) is 11.6. The molecule has 0 aliphatic heterocycles. The Hall–Kier alpha value is -1.58. The Morgan fingerprint density at radius 1 is 1.10 bits per heavy atom. The van der Waals surface area contributed by atoms with Gasteiger partial charge in [0.05, 0.1) is 5.69 Å². The first kappa shape index (κ1) is 14.8. The van der Waals surface area contributed by atoms with Gasteiger partial charge in [0, 0.05) is 23.5 Å². The second-order valence-corrected chi connectivity index (χ2v) is 5.06. The monoisotopic (exact) mass is 308 g/mol. The molecule has 0 aliphatic rings. The fraction of sp³-hybridized carbons (Fsp3) is 0.200. The van der Waals surface area contributed by atoms with E-state index in [0.29, 0.717) is 17.4 Å². The number of nitrogens with zero attached hydrogens (tertiary/aromatic N) is 2. The van der Waals surface area contributed by atoms with Gasteiger partial charge in [0.2, 0.25) is 0 Å². The molecule has 3 nitrogen and oxygen atoms in total. The van der Waals surface area contributed by atoms with Crippen LogP contribution in [0.15, 0.2) is 41.2 Å². The van der Waals surface area contributed by atoms with Crippen molar-refractivity contribution < 1.29 is 0 Å². The van der Waals surface area contributed by atoms with Crippen LogP contribution in [0.4, 0.5) is 0 Å². The minimum Gasteiger partial charge on any atom is -0.268 e. The molecular formula is C15H14Cl2N2O. The van der Waals surface area contributed by atoms with Crippen LogP contribution < -0.4 is 5.56 Å². The minimum atomic E-state index is -0.112. The fourth-order valence-corrected chi connectivity index (χ4v) is 1.92. The third-order valence-corrected chi connectivity index (χ3v) is 3.23. The van der Waals surface area contributed by atoms with Gasteiger partial charge in [-0.15, -0.1) is 11.6 Å². The summed E-state index contributed by atoms with van der Waals surface area (Å²) in [7, 11) is 0. The maximum absolute atomic E-state index is 11.6. The van der Waals surface area contributed by atoms with Crippen molar-refractivity contribution >= 4 is 35.4 Å². The van der Waals surface area contributed by atoms with E-state index in [2.05, 4.69) is 5.10 Å². The van der Waals surface area contributed by atoms with Crippen molar-refractivity contribution in [3.05, 3.63) is 63.0 Å². The van der Waals surface area contributed by atoms with Crippen LogP contribution in [0.1, 0.15) is 17.7 Å². The zero-order valence-corrected chi connectivity index (χ0v) is 12.3. The number of halogens is 2. The third kappa shape index (κ3) is 4.22. The van der Waals surface area contributed by atoms with E-state index < -0.39 is 0 Å². The van der Waals surface area contributed by atoms with E-state index >= 15 is 0 Å². The highest BCUT2D eigenvalue weighted by Crippen LogP contribution is 2.11. The number of aromatic nitrogens is 2. The highest BCUT2D eigenvalue weighted by atomic mass is 35.5. The molecule has 1 heterocycles. The van der Waals surface area contributed by atoms with Gasteiger partial charge >= 0.3 is 0 Å². The van der Waals surface area contributed by atoms with Crippen LogP contribution in [0.5, 0.6) is 0 Å². The SMILES string of the molecule is O=c1ccc(C=Cc2ccc(Cl)cc2)nn1CCCCl. The molecule has 0 fully saturated rings. The normalized spacial score (nSPS) is 11.1. The molecule has 1 aromatic carbocycles. The number of hydrogen-bond acceptors (Lipinski definition) is 2. The molecule has 0 radical (unpaired) electrons. The lowest BCUT2D eigenvalue weighted by Crippen LogP contribution is -2.22. The van der Waals surface area contributed by atoms with E-state index in [-0.39, 0.29) is 5.56 Å². The van der Waals surface area contributed by atoms with Crippen LogP contribution >= 0.6 is 23.2 Å². The second kappa shape index (κ2) is 7.27. The number of hydrogen-bond donors (Lipinski definition) is 0. The lowest BCUT2D eigenvalue weighted by molar-refractivity contribution is 0.567. The predicted molar refractivity (Wildman–Crippen MR) is 84.2 cm³/mol. The predicted octanol–water partition coefficient (Wildman–Crippen LogP) is 3.70. The molecule has 0 unspecified atom stereocenters. The van der Waals surface area contributed by atoms with Crippen molar-refractivity contribution in [1.29, 1.82) is 0 Å². The van der Waals surface area contributed by atoms with Gasteiger partial charge in [-0.25, -0.2) is 4.68 Å². The van der Waals surface area contributed by atoms with Gasteiger partial charge in [-0.3, -0.25) is 4.79 Å². The van der Waals surface area contributed by atoms with Crippen molar-refractivity contribution in [3.63, 3.8) is 0 Å². The number of benzene rings is 1. The molecule has 20 heavy (non-hydrogen) atoms. The quantitative estimate of drug-likeness (QED) is 0.789. The molecule has 2 aromatic rings. The molecule has 0 N–H and O–H groups in total. The molecule has 0 bridgehead atoms. The lowest BCUT2D eigenvalue weighted by atomic mass is 10.2. The van der Waals surface area contributed by atoms with E-state index in [9.17, 15) is 4.79 Å². The Morgan fingerprint density at radius 3 is 2.55 bits per heavy atom. The van der Waals surface area contributed by atoms with Crippen LogP contribution in [-0.2, 0) is 6.54 Å². The van der Waals surface area contributed by atoms with Crippen LogP contribution in [0.3, 0.4) is 0 Å². The summed E-state index contributed by atoms with van der Waals surface area (Å²) in [6, 6.07) is 10.7.